The van der Waals surface area contributed by atoms with E-state index in [1.165, 1.54) is 7.11 Å². The second-order valence-electron chi connectivity index (χ2n) is 6.99. The number of hydrogen-bond donors (Lipinski definition) is 1. The van der Waals surface area contributed by atoms with Crippen molar-refractivity contribution in [3.63, 3.8) is 0 Å². The predicted molar refractivity (Wildman–Crippen MR) is 110 cm³/mol. The van der Waals surface area contributed by atoms with Crippen LogP contribution in [0.1, 0.15) is 42.2 Å². The second kappa shape index (κ2) is 6.98. The Morgan fingerprint density at radius 2 is 2.07 bits per heavy atom. The van der Waals surface area contributed by atoms with Crippen LogP contribution in [-0.4, -0.2) is 30.5 Å². The van der Waals surface area contributed by atoms with Crippen LogP contribution in [0.15, 0.2) is 42.5 Å². The first-order valence-electron chi connectivity index (χ1n) is 9.20. The van der Waals surface area contributed by atoms with Crippen LogP contribution in [-0.2, 0) is 4.74 Å². The van der Waals surface area contributed by atoms with Gasteiger partial charge in [0, 0.05) is 17.7 Å². The fraction of sp³-hybridized carbons (Fsp3) is 0.333. The molecule has 0 saturated carbocycles. The standard InChI is InChI=1S/C21H22N2O4S/c1-4-26-15-8-6-14(7-9-15)23-20(28)22-17-12-21(23,2)27-18-10-5-13(11-16(17)18)19(24)25-3/h5-11,17H,4,12H2,1-3H3,(H,22,28)/t17-,21-/m0/s1. The maximum Gasteiger partial charge on any atom is 0.337 e. The van der Waals surface area contributed by atoms with Crippen molar-refractivity contribution in [2.75, 3.05) is 18.6 Å². The maximum atomic E-state index is 11.9. The van der Waals surface area contributed by atoms with Crippen molar-refractivity contribution in [1.29, 1.82) is 0 Å². The van der Waals surface area contributed by atoms with Crippen molar-refractivity contribution in [3.8, 4) is 11.5 Å². The third-order valence-corrected chi connectivity index (χ3v) is 5.40. The van der Waals surface area contributed by atoms with Gasteiger partial charge < -0.3 is 19.5 Å². The van der Waals surface area contributed by atoms with Crippen molar-refractivity contribution >= 4 is 29.0 Å². The first kappa shape index (κ1) is 18.6. The molecular weight excluding hydrogens is 376 g/mol. The Labute approximate surface area is 169 Å². The van der Waals surface area contributed by atoms with Gasteiger partial charge in [0.05, 0.1) is 25.3 Å². The number of esters is 1. The largest absolute Gasteiger partial charge is 0.494 e. The van der Waals surface area contributed by atoms with E-state index < -0.39 is 5.72 Å². The Morgan fingerprint density at radius 3 is 2.75 bits per heavy atom. The van der Waals surface area contributed by atoms with Crippen LogP contribution in [0.25, 0.3) is 0 Å². The van der Waals surface area contributed by atoms with Gasteiger partial charge >= 0.3 is 5.97 Å². The number of nitrogens with one attached hydrogen (secondary N) is 1. The Morgan fingerprint density at radius 1 is 1.32 bits per heavy atom. The van der Waals surface area contributed by atoms with Crippen LogP contribution >= 0.6 is 12.2 Å². The minimum absolute atomic E-state index is 0.0372. The van der Waals surface area contributed by atoms with Gasteiger partial charge in [0.1, 0.15) is 11.5 Å². The smallest absolute Gasteiger partial charge is 0.337 e. The summed E-state index contributed by atoms with van der Waals surface area (Å²) in [4.78, 5) is 13.9. The van der Waals surface area contributed by atoms with Crippen molar-refractivity contribution in [1.82, 2.24) is 5.32 Å². The van der Waals surface area contributed by atoms with Gasteiger partial charge in [-0.3, -0.25) is 4.90 Å². The molecule has 2 aliphatic heterocycles. The Bertz CT molecular complexity index is 931. The molecule has 1 saturated heterocycles. The van der Waals surface area contributed by atoms with Gasteiger partial charge in [0.2, 0.25) is 0 Å². The van der Waals surface area contributed by atoms with E-state index in [0.717, 1.165) is 22.7 Å². The van der Waals surface area contributed by atoms with E-state index in [0.29, 0.717) is 23.7 Å². The van der Waals surface area contributed by atoms with Crippen LogP contribution in [0.3, 0.4) is 0 Å². The minimum Gasteiger partial charge on any atom is -0.494 e. The Kier molecular flexibility index (Phi) is 4.63. The summed E-state index contributed by atoms with van der Waals surface area (Å²) in [5.41, 5.74) is 1.70. The molecule has 2 atom stereocenters. The fourth-order valence-electron chi connectivity index (χ4n) is 3.87. The molecule has 28 heavy (non-hydrogen) atoms. The number of nitrogens with zero attached hydrogens (tertiary/aromatic N) is 1. The van der Waals surface area contributed by atoms with E-state index in [4.69, 9.17) is 26.4 Å². The molecule has 1 N–H and O–H groups in total. The number of fused-ring (bicyclic) bond motifs is 4. The van der Waals surface area contributed by atoms with E-state index in [9.17, 15) is 4.79 Å². The lowest BCUT2D eigenvalue weighted by Gasteiger charge is -2.52. The molecule has 4 rings (SSSR count). The summed E-state index contributed by atoms with van der Waals surface area (Å²) < 4.78 is 16.8. The van der Waals surface area contributed by atoms with Crippen molar-refractivity contribution in [2.45, 2.75) is 32.0 Å². The van der Waals surface area contributed by atoms with E-state index in [-0.39, 0.29) is 12.0 Å². The third-order valence-electron chi connectivity index (χ3n) is 5.10. The normalized spacial score (nSPS) is 22.6. The number of hydrogen-bond acceptors (Lipinski definition) is 5. The molecule has 0 spiro atoms. The van der Waals surface area contributed by atoms with Gasteiger partial charge in [-0.25, -0.2) is 4.79 Å². The third kappa shape index (κ3) is 3.05. The highest BCUT2D eigenvalue weighted by molar-refractivity contribution is 7.80. The molecule has 2 aliphatic rings. The highest BCUT2D eigenvalue weighted by Gasteiger charge is 2.48. The molecule has 2 bridgehead atoms. The van der Waals surface area contributed by atoms with Crippen LogP contribution in [0, 0.1) is 0 Å². The van der Waals surface area contributed by atoms with Crippen molar-refractivity contribution < 1.29 is 19.0 Å². The number of carbonyl (C=O) groups excluding carboxylic acids is 1. The number of benzene rings is 2. The summed E-state index contributed by atoms with van der Waals surface area (Å²) in [6.45, 7) is 4.61. The topological polar surface area (TPSA) is 60.0 Å². The lowest BCUT2D eigenvalue weighted by molar-refractivity contribution is 0.0494. The molecule has 7 heteroatoms. The minimum atomic E-state index is -0.639. The van der Waals surface area contributed by atoms with E-state index >= 15 is 0 Å². The van der Waals surface area contributed by atoms with E-state index in [1.54, 1.807) is 6.07 Å². The SMILES string of the molecule is CCOc1ccc(N2C(=S)N[C@H]3C[C@]2(C)Oc2ccc(C(=O)OC)cc23)cc1. The number of ether oxygens (including phenoxy) is 3. The summed E-state index contributed by atoms with van der Waals surface area (Å²) in [6, 6.07) is 13.1. The first-order chi connectivity index (χ1) is 13.4. The second-order valence-corrected chi connectivity index (χ2v) is 7.38. The summed E-state index contributed by atoms with van der Waals surface area (Å²) in [6.07, 6.45) is 0.679. The molecule has 2 aromatic carbocycles. The predicted octanol–water partition coefficient (Wildman–Crippen LogP) is 3.81. The molecule has 6 nitrogen and oxygen atoms in total. The van der Waals surface area contributed by atoms with Crippen LogP contribution in [0.4, 0.5) is 5.69 Å². The lowest BCUT2D eigenvalue weighted by Crippen LogP contribution is -2.65. The molecule has 1 fully saturated rings. The highest BCUT2D eigenvalue weighted by Crippen LogP contribution is 2.46. The van der Waals surface area contributed by atoms with Crippen LogP contribution in [0.5, 0.6) is 11.5 Å². The number of rotatable bonds is 4. The zero-order valence-corrected chi connectivity index (χ0v) is 16.8. The molecule has 2 aromatic rings. The molecular formula is C21H22N2O4S. The van der Waals surface area contributed by atoms with E-state index in [1.807, 2.05) is 55.1 Å². The number of methoxy groups -OCH3 is 1. The van der Waals surface area contributed by atoms with Gasteiger partial charge in [-0.15, -0.1) is 0 Å². The zero-order valence-electron chi connectivity index (χ0n) is 16.0. The van der Waals surface area contributed by atoms with Gasteiger partial charge in [0.25, 0.3) is 0 Å². The van der Waals surface area contributed by atoms with Crippen LogP contribution < -0.4 is 19.7 Å². The van der Waals surface area contributed by atoms with Gasteiger partial charge in [-0.2, -0.15) is 0 Å². The Balaban J connectivity index is 1.68. The lowest BCUT2D eigenvalue weighted by atomic mass is 9.89. The van der Waals surface area contributed by atoms with E-state index in [2.05, 4.69) is 5.32 Å². The number of anilines is 1. The van der Waals surface area contributed by atoms with Gasteiger partial charge in [0.15, 0.2) is 10.8 Å². The molecule has 2 heterocycles. The number of carbonyl (C=O) groups is 1. The summed E-state index contributed by atoms with van der Waals surface area (Å²) in [7, 11) is 1.37. The molecule has 0 radical (unpaired) electrons. The first-order valence-corrected chi connectivity index (χ1v) is 9.61. The average molecular weight is 398 g/mol. The fourth-order valence-corrected chi connectivity index (χ4v) is 4.31. The molecule has 0 amide bonds. The van der Waals surface area contributed by atoms with Crippen LogP contribution in [0.2, 0.25) is 0 Å². The molecule has 0 aliphatic carbocycles. The molecule has 0 aromatic heterocycles. The number of thiocarbonyl (C=S) groups is 1. The van der Waals surface area contributed by atoms with Crippen molar-refractivity contribution in [3.05, 3.63) is 53.6 Å². The average Bonchev–Trinajstić information content (AvgIpc) is 2.68. The zero-order chi connectivity index (χ0) is 19.9. The summed E-state index contributed by atoms with van der Waals surface area (Å²) in [5.74, 6) is 1.18. The summed E-state index contributed by atoms with van der Waals surface area (Å²) >= 11 is 5.67. The quantitative estimate of drug-likeness (QED) is 0.621. The molecule has 146 valence electrons. The van der Waals surface area contributed by atoms with Gasteiger partial charge in [-0.05, 0) is 68.5 Å². The maximum absolute atomic E-state index is 11.9. The molecule has 0 unspecified atom stereocenters. The van der Waals surface area contributed by atoms with Crippen molar-refractivity contribution in [2.24, 2.45) is 0 Å². The highest BCUT2D eigenvalue weighted by atomic mass is 32.1. The Hall–Kier alpha value is -2.80. The van der Waals surface area contributed by atoms with Gasteiger partial charge in [-0.1, -0.05) is 0 Å². The monoisotopic (exact) mass is 398 g/mol. The summed E-state index contributed by atoms with van der Waals surface area (Å²) in [5, 5.41) is 3.98.